The van der Waals surface area contributed by atoms with Crippen LogP contribution in [0.2, 0.25) is 0 Å². The maximum absolute atomic E-state index is 13.6. The van der Waals surface area contributed by atoms with Crippen molar-refractivity contribution in [2.24, 2.45) is 22.5 Å². The fourth-order valence-electron chi connectivity index (χ4n) is 5.47. The fourth-order valence-corrected chi connectivity index (χ4v) is 5.47. The Labute approximate surface area is 143 Å². The summed E-state index contributed by atoms with van der Waals surface area (Å²) in [5.41, 5.74) is 7.91. The molecule has 0 unspecified atom stereocenters. The van der Waals surface area contributed by atoms with Crippen molar-refractivity contribution in [1.82, 2.24) is 0 Å². The van der Waals surface area contributed by atoms with Crippen LogP contribution in [0.5, 0.6) is 0 Å². The van der Waals surface area contributed by atoms with E-state index in [4.69, 9.17) is 5.73 Å². The number of Topliss-reactive ketones (excluding diaryl/α,β-unsaturated/α-hetero) is 1. The Morgan fingerprint density at radius 3 is 2.50 bits per heavy atom. The van der Waals surface area contributed by atoms with Crippen molar-refractivity contribution in [2.75, 3.05) is 11.9 Å². The zero-order valence-corrected chi connectivity index (χ0v) is 15.1. The average molecular weight is 326 g/mol. The largest absolute Gasteiger partial charge is 0.315 e. The van der Waals surface area contributed by atoms with Crippen LogP contribution in [0.1, 0.15) is 57.6 Å². The van der Waals surface area contributed by atoms with Crippen LogP contribution in [0.4, 0.5) is 5.69 Å². The molecule has 1 heterocycles. The molecule has 4 nitrogen and oxygen atoms in total. The molecule has 128 valence electrons. The number of nitrogens with two attached hydrogens (primary N) is 1. The maximum atomic E-state index is 13.6. The van der Waals surface area contributed by atoms with Crippen LogP contribution >= 0.6 is 0 Å². The van der Waals surface area contributed by atoms with Crippen molar-refractivity contribution in [1.29, 1.82) is 0 Å². The highest BCUT2D eigenvalue weighted by Crippen LogP contribution is 2.62. The Bertz CT molecular complexity index is 780. The fraction of sp³-hybridized carbons (Fsp3) is 0.600. The molecule has 1 saturated carbocycles. The van der Waals surface area contributed by atoms with Gasteiger partial charge in [-0.05, 0) is 40.9 Å². The van der Waals surface area contributed by atoms with Gasteiger partial charge in [-0.25, -0.2) is 0 Å². The predicted octanol–water partition coefficient (Wildman–Crippen LogP) is 2.95. The minimum Gasteiger partial charge on any atom is -0.315 e. The van der Waals surface area contributed by atoms with Crippen LogP contribution in [0, 0.1) is 16.7 Å². The lowest BCUT2D eigenvalue weighted by Gasteiger charge is -2.50. The summed E-state index contributed by atoms with van der Waals surface area (Å²) < 4.78 is 0. The van der Waals surface area contributed by atoms with Crippen molar-refractivity contribution in [3.63, 3.8) is 0 Å². The summed E-state index contributed by atoms with van der Waals surface area (Å²) in [5, 5.41) is 0. The lowest BCUT2D eigenvalue weighted by Crippen LogP contribution is -2.61. The van der Waals surface area contributed by atoms with Gasteiger partial charge in [-0.15, -0.1) is 0 Å². The van der Waals surface area contributed by atoms with Crippen molar-refractivity contribution in [2.45, 2.75) is 52.0 Å². The van der Waals surface area contributed by atoms with E-state index in [1.807, 2.05) is 25.2 Å². The number of likely N-dealkylation sites (N-methyl/N-ethyl adjacent to an activating group) is 1. The van der Waals surface area contributed by atoms with Gasteiger partial charge in [0.25, 0.3) is 0 Å². The number of anilines is 1. The predicted molar refractivity (Wildman–Crippen MR) is 93.8 cm³/mol. The average Bonchev–Trinajstić information content (AvgIpc) is 2.74. The molecule has 1 amide bonds. The molecule has 24 heavy (non-hydrogen) atoms. The quantitative estimate of drug-likeness (QED) is 0.797. The number of hydrogen-bond donors (Lipinski definition) is 1. The third-order valence-corrected chi connectivity index (χ3v) is 7.21. The molecule has 1 aromatic carbocycles. The molecule has 1 fully saturated rings. The zero-order valence-electron chi connectivity index (χ0n) is 15.1. The normalized spacial score (nSPS) is 35.7. The molecule has 2 bridgehead atoms. The minimum atomic E-state index is -1.03. The van der Waals surface area contributed by atoms with E-state index in [9.17, 15) is 9.59 Å². The van der Waals surface area contributed by atoms with Crippen LogP contribution in [0.3, 0.4) is 0 Å². The number of nitrogens with zero attached hydrogens (tertiary/aromatic N) is 1. The molecule has 3 aliphatic rings. The highest BCUT2D eigenvalue weighted by atomic mass is 16.2. The molecular formula is C20H26N2O2. The lowest BCUT2D eigenvalue weighted by atomic mass is 9.54. The van der Waals surface area contributed by atoms with Crippen molar-refractivity contribution in [3.8, 4) is 0 Å². The molecule has 0 spiro atoms. The van der Waals surface area contributed by atoms with Gasteiger partial charge in [-0.3, -0.25) is 9.59 Å². The van der Waals surface area contributed by atoms with Crippen molar-refractivity contribution >= 4 is 17.4 Å². The zero-order chi connectivity index (χ0) is 17.7. The second-order valence-corrected chi connectivity index (χ2v) is 9.04. The highest BCUT2D eigenvalue weighted by Gasteiger charge is 2.64. The molecule has 0 saturated heterocycles. The summed E-state index contributed by atoms with van der Waals surface area (Å²) in [7, 11) is 1.83. The summed E-state index contributed by atoms with van der Waals surface area (Å²) in [4.78, 5) is 28.4. The Morgan fingerprint density at radius 1 is 1.17 bits per heavy atom. The third-order valence-electron chi connectivity index (χ3n) is 7.21. The molecular weight excluding hydrogens is 300 g/mol. The third kappa shape index (κ3) is 1.49. The van der Waals surface area contributed by atoms with Gasteiger partial charge in [-0.1, -0.05) is 39.8 Å². The van der Waals surface area contributed by atoms with Crippen molar-refractivity contribution < 1.29 is 9.59 Å². The summed E-state index contributed by atoms with van der Waals surface area (Å²) >= 11 is 0. The van der Waals surface area contributed by atoms with E-state index in [1.54, 1.807) is 4.90 Å². The summed E-state index contributed by atoms with van der Waals surface area (Å²) in [5.74, 6) is -0.274. The number of carbonyl (C=O) groups excluding carboxylic acids is 2. The molecule has 2 N–H and O–H groups in total. The Morgan fingerprint density at radius 2 is 1.83 bits per heavy atom. The van der Waals surface area contributed by atoms with Gasteiger partial charge in [-0.2, -0.15) is 0 Å². The van der Waals surface area contributed by atoms with Crippen LogP contribution in [0.15, 0.2) is 18.2 Å². The topological polar surface area (TPSA) is 63.4 Å². The van der Waals surface area contributed by atoms with E-state index in [-0.39, 0.29) is 28.9 Å². The Hall–Kier alpha value is -1.68. The Balaban J connectivity index is 2.14. The molecule has 1 aliphatic heterocycles. The smallest absolute Gasteiger partial charge is 0.234 e. The molecule has 1 aromatic rings. The number of hydrogen-bond acceptors (Lipinski definition) is 3. The monoisotopic (exact) mass is 326 g/mol. The van der Waals surface area contributed by atoms with Crippen LogP contribution < -0.4 is 10.6 Å². The van der Waals surface area contributed by atoms with Gasteiger partial charge in [0.1, 0.15) is 5.54 Å². The number of benzene rings is 1. The molecule has 3 atom stereocenters. The first-order valence-electron chi connectivity index (χ1n) is 8.79. The van der Waals surface area contributed by atoms with E-state index in [2.05, 4.69) is 27.7 Å². The van der Waals surface area contributed by atoms with E-state index in [0.717, 1.165) is 29.7 Å². The van der Waals surface area contributed by atoms with Gasteiger partial charge < -0.3 is 10.6 Å². The first-order chi connectivity index (χ1) is 11.0. The second kappa shape index (κ2) is 4.29. The summed E-state index contributed by atoms with van der Waals surface area (Å²) in [6, 6.07) is 5.88. The number of carbonyl (C=O) groups is 2. The first-order valence-corrected chi connectivity index (χ1v) is 8.79. The van der Waals surface area contributed by atoms with E-state index in [1.165, 1.54) is 0 Å². The van der Waals surface area contributed by atoms with E-state index >= 15 is 0 Å². The highest BCUT2D eigenvalue weighted by molar-refractivity contribution is 6.08. The summed E-state index contributed by atoms with van der Waals surface area (Å²) in [6.45, 7) is 8.33. The number of ketones is 1. The molecule has 4 rings (SSSR count). The van der Waals surface area contributed by atoms with Crippen molar-refractivity contribution in [3.05, 3.63) is 29.3 Å². The number of rotatable bonds is 0. The molecule has 0 aromatic heterocycles. The molecule has 4 heteroatoms. The number of fused-ring (bicyclic) bond motifs is 3. The van der Waals surface area contributed by atoms with Gasteiger partial charge in [0, 0.05) is 18.7 Å². The first kappa shape index (κ1) is 15.8. The van der Waals surface area contributed by atoms with Crippen LogP contribution in [-0.4, -0.2) is 18.7 Å². The van der Waals surface area contributed by atoms with Gasteiger partial charge in [0.15, 0.2) is 5.78 Å². The minimum absolute atomic E-state index is 0.0872. The molecule has 2 aliphatic carbocycles. The maximum Gasteiger partial charge on any atom is 0.234 e. The number of amides is 1. The molecule has 0 radical (unpaired) electrons. The van der Waals surface area contributed by atoms with Gasteiger partial charge >= 0.3 is 0 Å². The van der Waals surface area contributed by atoms with E-state index in [0.29, 0.717) is 0 Å². The van der Waals surface area contributed by atoms with Gasteiger partial charge in [0.05, 0.1) is 5.92 Å². The standard InChI is InChI=1S/C20H26N2O2/c1-18(2)10-9-12-16(23)20(18,21)11-7-6-8-13-14(11)15(19(12,3)4)17(24)22(13)5/h6-8,12,15H,9-10,21H2,1-5H3/t12-,15+,20+/m0/s1. The SMILES string of the molecule is CN1C(=O)[C@H]2c3c1cccc3[C@@]1(N)C(=O)[C@H](CCC1(C)C)C2(C)C. The van der Waals surface area contributed by atoms with E-state index < -0.39 is 11.0 Å². The van der Waals surface area contributed by atoms with Crippen LogP contribution in [0.25, 0.3) is 0 Å². The Kier molecular flexibility index (Phi) is 2.83. The summed E-state index contributed by atoms with van der Waals surface area (Å²) in [6.07, 6.45) is 1.69. The van der Waals surface area contributed by atoms with Crippen LogP contribution in [-0.2, 0) is 15.1 Å². The van der Waals surface area contributed by atoms with Gasteiger partial charge in [0.2, 0.25) is 5.91 Å². The second-order valence-electron chi connectivity index (χ2n) is 9.04. The lowest BCUT2D eigenvalue weighted by molar-refractivity contribution is -0.143.